The Morgan fingerprint density at radius 1 is 1.54 bits per heavy atom. The zero-order valence-corrected chi connectivity index (χ0v) is 14.8. The van der Waals surface area contributed by atoms with Gasteiger partial charge >= 0.3 is 0 Å². The van der Waals surface area contributed by atoms with Gasteiger partial charge < -0.3 is 15.2 Å². The quantitative estimate of drug-likeness (QED) is 0.781. The minimum atomic E-state index is -0.295. The molecule has 26 heavy (non-hydrogen) atoms. The number of hydrogen-bond acceptors (Lipinski definition) is 3. The lowest BCUT2D eigenvalue weighted by atomic mass is 10.0. The molecular formula is C20H22N4O2. The van der Waals surface area contributed by atoms with Gasteiger partial charge in [-0.1, -0.05) is 6.08 Å². The lowest BCUT2D eigenvalue weighted by molar-refractivity contribution is -0.128. The predicted octanol–water partition coefficient (Wildman–Crippen LogP) is 2.04. The maximum Gasteiger partial charge on any atom is 0.225 e. The molecular weight excluding hydrogens is 328 g/mol. The van der Waals surface area contributed by atoms with Crippen LogP contribution in [0, 0.1) is 24.2 Å². The van der Waals surface area contributed by atoms with E-state index in [0.29, 0.717) is 31.6 Å². The molecule has 134 valence electrons. The van der Waals surface area contributed by atoms with Crippen LogP contribution in [0.15, 0.2) is 30.9 Å². The number of nitrogens with one attached hydrogen (secondary N) is 2. The van der Waals surface area contributed by atoms with Gasteiger partial charge in [0.1, 0.15) is 0 Å². The number of aromatic amines is 1. The Bertz CT molecular complexity index is 906. The number of nitrogens with zero attached hydrogens (tertiary/aromatic N) is 2. The number of carbonyl (C=O) groups is 2. The van der Waals surface area contributed by atoms with Gasteiger partial charge in [0.2, 0.25) is 11.8 Å². The van der Waals surface area contributed by atoms with Crippen LogP contribution in [0.4, 0.5) is 0 Å². The summed E-state index contributed by atoms with van der Waals surface area (Å²) in [5.74, 6) is -0.376. The van der Waals surface area contributed by atoms with E-state index in [2.05, 4.69) is 22.9 Å². The number of carbonyl (C=O) groups excluding carboxylic acids is 2. The molecule has 2 heterocycles. The Hall–Kier alpha value is -3.07. The zero-order valence-electron chi connectivity index (χ0n) is 14.8. The predicted molar refractivity (Wildman–Crippen MR) is 99.3 cm³/mol. The van der Waals surface area contributed by atoms with Gasteiger partial charge in [-0.25, -0.2) is 0 Å². The Morgan fingerprint density at radius 3 is 3.08 bits per heavy atom. The highest BCUT2D eigenvalue weighted by Crippen LogP contribution is 2.24. The average Bonchev–Trinajstić information content (AvgIpc) is 3.15. The van der Waals surface area contributed by atoms with Crippen LogP contribution in [0.2, 0.25) is 0 Å². The fourth-order valence-corrected chi connectivity index (χ4v) is 3.51. The van der Waals surface area contributed by atoms with Crippen LogP contribution in [0.5, 0.6) is 0 Å². The topological polar surface area (TPSA) is 89.0 Å². The van der Waals surface area contributed by atoms with Gasteiger partial charge in [0.25, 0.3) is 0 Å². The van der Waals surface area contributed by atoms with E-state index in [1.54, 1.807) is 17.0 Å². The summed E-state index contributed by atoms with van der Waals surface area (Å²) in [6, 6.07) is 7.72. The summed E-state index contributed by atoms with van der Waals surface area (Å²) in [7, 11) is 0. The highest BCUT2D eigenvalue weighted by Gasteiger charge is 2.33. The number of likely N-dealkylation sites (tertiary alicyclic amines) is 1. The molecule has 3 rings (SSSR count). The molecule has 2 N–H and O–H groups in total. The number of benzene rings is 1. The van der Waals surface area contributed by atoms with Gasteiger partial charge in [0.15, 0.2) is 0 Å². The molecule has 0 radical (unpaired) electrons. The van der Waals surface area contributed by atoms with Crippen LogP contribution in [0.1, 0.15) is 23.2 Å². The first-order chi connectivity index (χ1) is 12.5. The van der Waals surface area contributed by atoms with Crippen LogP contribution < -0.4 is 5.32 Å². The largest absolute Gasteiger partial charge is 0.358 e. The van der Waals surface area contributed by atoms with Crippen molar-refractivity contribution in [1.82, 2.24) is 15.2 Å². The summed E-state index contributed by atoms with van der Waals surface area (Å²) < 4.78 is 0. The number of aryl methyl sites for hydroxylation is 1. The number of aromatic nitrogens is 1. The van der Waals surface area contributed by atoms with Gasteiger partial charge in [-0.2, -0.15) is 5.26 Å². The standard InChI is InChI=1S/C20H22N4O2/c1-3-8-24-12-15(10-19(24)25)20(26)22-7-6-16-13(2)23-18-5-4-14(11-21)9-17(16)18/h3-5,9,15,23H,1,6-8,10,12H2,2H3,(H,22,26)/t15-/m0/s1. The van der Waals surface area contributed by atoms with Crippen LogP contribution in [0.3, 0.4) is 0 Å². The molecule has 6 nitrogen and oxygen atoms in total. The van der Waals surface area contributed by atoms with Crippen LogP contribution >= 0.6 is 0 Å². The minimum Gasteiger partial charge on any atom is -0.358 e. The van der Waals surface area contributed by atoms with Crippen LogP contribution in [-0.4, -0.2) is 41.3 Å². The molecule has 2 amide bonds. The fraction of sp³-hybridized carbons (Fsp3) is 0.350. The molecule has 1 saturated heterocycles. The highest BCUT2D eigenvalue weighted by molar-refractivity contribution is 5.89. The normalized spacial score (nSPS) is 16.7. The van der Waals surface area contributed by atoms with Gasteiger partial charge in [-0.3, -0.25) is 9.59 Å². The highest BCUT2D eigenvalue weighted by atomic mass is 16.2. The van der Waals surface area contributed by atoms with Crippen molar-refractivity contribution in [3.8, 4) is 6.07 Å². The molecule has 0 unspecified atom stereocenters. The van der Waals surface area contributed by atoms with Crippen molar-refractivity contribution < 1.29 is 9.59 Å². The van der Waals surface area contributed by atoms with Crippen molar-refractivity contribution in [3.05, 3.63) is 47.7 Å². The molecule has 2 aromatic rings. The van der Waals surface area contributed by atoms with Crippen molar-refractivity contribution in [1.29, 1.82) is 5.26 Å². The summed E-state index contributed by atoms with van der Waals surface area (Å²) in [6.45, 7) is 7.06. The second-order valence-corrected chi connectivity index (χ2v) is 6.63. The summed E-state index contributed by atoms with van der Waals surface area (Å²) in [5.41, 5.74) is 3.75. The molecule has 0 aliphatic carbocycles. The second kappa shape index (κ2) is 7.44. The summed E-state index contributed by atoms with van der Waals surface area (Å²) in [4.78, 5) is 29.2. The molecule has 0 saturated carbocycles. The van der Waals surface area contributed by atoms with Gasteiger partial charge in [-0.15, -0.1) is 6.58 Å². The van der Waals surface area contributed by atoms with E-state index < -0.39 is 0 Å². The Morgan fingerprint density at radius 2 is 2.35 bits per heavy atom. The zero-order chi connectivity index (χ0) is 18.7. The van der Waals surface area contributed by atoms with E-state index in [1.165, 1.54) is 0 Å². The number of hydrogen-bond donors (Lipinski definition) is 2. The van der Waals surface area contributed by atoms with Gasteiger partial charge in [-0.05, 0) is 37.1 Å². The number of amides is 2. The minimum absolute atomic E-state index is 0.00144. The number of H-pyrrole nitrogens is 1. The van der Waals surface area contributed by atoms with Crippen molar-refractivity contribution in [2.45, 2.75) is 19.8 Å². The molecule has 1 atom stereocenters. The lowest BCUT2D eigenvalue weighted by Crippen LogP contribution is -2.34. The van der Waals surface area contributed by atoms with Crippen LogP contribution in [0.25, 0.3) is 10.9 Å². The number of rotatable bonds is 6. The monoisotopic (exact) mass is 350 g/mol. The number of nitriles is 1. The van der Waals surface area contributed by atoms with Crippen molar-refractivity contribution in [2.24, 2.45) is 5.92 Å². The molecule has 6 heteroatoms. The van der Waals surface area contributed by atoms with E-state index in [4.69, 9.17) is 5.26 Å². The smallest absolute Gasteiger partial charge is 0.225 e. The van der Waals surface area contributed by atoms with E-state index in [1.807, 2.05) is 19.1 Å². The average molecular weight is 350 g/mol. The third kappa shape index (κ3) is 3.47. The summed E-state index contributed by atoms with van der Waals surface area (Å²) >= 11 is 0. The first kappa shape index (κ1) is 17.7. The molecule has 1 fully saturated rings. The third-order valence-corrected chi connectivity index (χ3v) is 4.86. The molecule has 0 bridgehead atoms. The molecule has 1 aliphatic heterocycles. The maximum atomic E-state index is 12.4. The molecule has 1 aromatic heterocycles. The van der Waals surface area contributed by atoms with E-state index >= 15 is 0 Å². The summed E-state index contributed by atoms with van der Waals surface area (Å²) in [6.07, 6.45) is 2.61. The molecule has 1 aromatic carbocycles. The van der Waals surface area contributed by atoms with Gasteiger partial charge in [0, 0.05) is 42.7 Å². The van der Waals surface area contributed by atoms with E-state index in [-0.39, 0.29) is 24.2 Å². The SMILES string of the molecule is C=CCN1C[C@@H](C(=O)NCCc2c(C)[nH]c3ccc(C#N)cc23)CC1=O. The number of fused-ring (bicyclic) bond motifs is 1. The van der Waals surface area contributed by atoms with E-state index in [0.717, 1.165) is 22.2 Å². The van der Waals surface area contributed by atoms with Crippen molar-refractivity contribution in [2.75, 3.05) is 19.6 Å². The second-order valence-electron chi connectivity index (χ2n) is 6.63. The van der Waals surface area contributed by atoms with Crippen molar-refractivity contribution >= 4 is 22.7 Å². The molecule has 0 spiro atoms. The third-order valence-electron chi connectivity index (χ3n) is 4.86. The summed E-state index contributed by atoms with van der Waals surface area (Å²) in [5, 5.41) is 13.1. The Labute approximate surface area is 152 Å². The fourth-order valence-electron chi connectivity index (χ4n) is 3.51. The van der Waals surface area contributed by atoms with Crippen LogP contribution in [-0.2, 0) is 16.0 Å². The maximum absolute atomic E-state index is 12.4. The first-order valence-corrected chi connectivity index (χ1v) is 8.71. The molecule has 1 aliphatic rings. The lowest BCUT2D eigenvalue weighted by Gasteiger charge is -2.14. The first-order valence-electron chi connectivity index (χ1n) is 8.71. The van der Waals surface area contributed by atoms with Gasteiger partial charge in [0.05, 0.1) is 17.6 Å². The van der Waals surface area contributed by atoms with Crippen molar-refractivity contribution in [3.63, 3.8) is 0 Å². The Balaban J connectivity index is 1.62. The Kier molecular flexibility index (Phi) is 5.08. The van der Waals surface area contributed by atoms with E-state index in [9.17, 15) is 9.59 Å².